The fourth-order valence-electron chi connectivity index (χ4n) is 5.37. The van der Waals surface area contributed by atoms with E-state index in [1.807, 2.05) is 16.5 Å². The van der Waals surface area contributed by atoms with Crippen molar-refractivity contribution in [3.8, 4) is 17.1 Å². The van der Waals surface area contributed by atoms with Crippen molar-refractivity contribution in [1.29, 1.82) is 0 Å². The highest BCUT2D eigenvalue weighted by Gasteiger charge is 2.31. The lowest BCUT2D eigenvalue weighted by atomic mass is 9.93. The van der Waals surface area contributed by atoms with Crippen molar-refractivity contribution in [2.75, 3.05) is 24.5 Å². The molecule has 1 saturated carbocycles. The highest BCUT2D eigenvalue weighted by molar-refractivity contribution is 6.33. The normalized spacial score (nSPS) is 17.9. The second-order valence-corrected chi connectivity index (χ2v) is 10.4. The van der Waals surface area contributed by atoms with Crippen molar-refractivity contribution < 1.29 is 9.18 Å². The molecule has 1 atom stereocenters. The van der Waals surface area contributed by atoms with Gasteiger partial charge < -0.3 is 9.80 Å². The Kier molecular flexibility index (Phi) is 6.42. The van der Waals surface area contributed by atoms with Gasteiger partial charge in [-0.05, 0) is 50.5 Å². The molecule has 0 unspecified atom stereocenters. The molecule has 0 bridgehead atoms. The molecule has 6 rings (SSSR count). The largest absolute Gasteiger partial charge is 0.357 e. The minimum atomic E-state index is -0.523. The smallest absolute Gasteiger partial charge is 0.350 e. The third-order valence-corrected chi connectivity index (χ3v) is 7.90. The molecule has 0 spiro atoms. The molecule has 0 radical (unpaired) electrons. The number of hydrogen-bond donors (Lipinski definition) is 0. The predicted molar refractivity (Wildman–Crippen MR) is 148 cm³/mol. The van der Waals surface area contributed by atoms with Gasteiger partial charge in [0, 0.05) is 37.3 Å². The summed E-state index contributed by atoms with van der Waals surface area (Å²) < 4.78 is 18.1. The first-order valence-corrected chi connectivity index (χ1v) is 13.3. The molecular weight excluding hydrogens is 521 g/mol. The maximum Gasteiger partial charge on any atom is 0.357 e. The Bertz CT molecular complexity index is 1660. The summed E-state index contributed by atoms with van der Waals surface area (Å²) in [5.74, 6) is 0.370. The van der Waals surface area contributed by atoms with E-state index in [4.69, 9.17) is 16.6 Å². The summed E-state index contributed by atoms with van der Waals surface area (Å²) in [6.45, 7) is 6.90. The van der Waals surface area contributed by atoms with Crippen LogP contribution >= 0.6 is 11.6 Å². The van der Waals surface area contributed by atoms with Crippen LogP contribution in [0.2, 0.25) is 5.02 Å². The van der Waals surface area contributed by atoms with E-state index in [1.54, 1.807) is 41.4 Å². The van der Waals surface area contributed by atoms with E-state index in [0.29, 0.717) is 42.3 Å². The van der Waals surface area contributed by atoms with Crippen LogP contribution in [-0.4, -0.2) is 60.8 Å². The lowest BCUT2D eigenvalue weighted by Crippen LogP contribution is -2.54. The Labute approximate surface area is 229 Å². The van der Waals surface area contributed by atoms with Crippen LogP contribution in [0.3, 0.4) is 0 Å². The van der Waals surface area contributed by atoms with Gasteiger partial charge in [0.05, 0.1) is 28.3 Å². The number of aromatic nitrogens is 5. The number of rotatable bonds is 5. The fraction of sp³-hybridized carbons (Fsp3) is 0.321. The number of fused-ring (bicyclic) bond motifs is 1. The first kappa shape index (κ1) is 25.2. The Morgan fingerprint density at radius 3 is 2.67 bits per heavy atom. The predicted octanol–water partition coefficient (Wildman–Crippen LogP) is 4.38. The molecule has 1 saturated heterocycles. The zero-order chi connectivity index (χ0) is 27.3. The Balaban J connectivity index is 1.57. The molecule has 3 aromatic heterocycles. The van der Waals surface area contributed by atoms with Crippen molar-refractivity contribution in [2.45, 2.75) is 38.3 Å². The van der Waals surface area contributed by atoms with Gasteiger partial charge in [-0.2, -0.15) is 10.1 Å². The number of hydrogen-bond acceptors (Lipinski definition) is 6. The second-order valence-electron chi connectivity index (χ2n) is 9.97. The lowest BCUT2D eigenvalue weighted by Gasteiger charge is -2.40. The van der Waals surface area contributed by atoms with Crippen LogP contribution in [0.5, 0.6) is 0 Å². The Morgan fingerprint density at radius 2 is 1.97 bits per heavy atom. The molecule has 1 amide bonds. The van der Waals surface area contributed by atoms with Crippen molar-refractivity contribution in [3.63, 3.8) is 0 Å². The third kappa shape index (κ3) is 4.28. The monoisotopic (exact) mass is 547 g/mol. The molecule has 200 valence electrons. The summed E-state index contributed by atoms with van der Waals surface area (Å²) in [4.78, 5) is 39.0. The Morgan fingerprint density at radius 1 is 1.18 bits per heavy atom. The summed E-state index contributed by atoms with van der Waals surface area (Å²) in [5, 5.41) is 5.28. The third-order valence-electron chi connectivity index (χ3n) is 7.62. The molecule has 4 heterocycles. The van der Waals surface area contributed by atoms with Crippen LogP contribution in [0.15, 0.2) is 60.0 Å². The molecule has 9 nitrogen and oxygen atoms in total. The number of benzene rings is 1. The van der Waals surface area contributed by atoms with E-state index >= 15 is 0 Å². The van der Waals surface area contributed by atoms with E-state index in [9.17, 15) is 14.0 Å². The number of carbonyl (C=O) groups is 1. The van der Waals surface area contributed by atoms with Crippen molar-refractivity contribution in [1.82, 2.24) is 29.2 Å². The van der Waals surface area contributed by atoms with Gasteiger partial charge in [-0.1, -0.05) is 30.3 Å². The number of pyridine rings is 1. The van der Waals surface area contributed by atoms with Gasteiger partial charge in [0.2, 0.25) is 5.91 Å². The van der Waals surface area contributed by atoms with Crippen LogP contribution in [0.25, 0.3) is 28.1 Å². The summed E-state index contributed by atoms with van der Waals surface area (Å²) in [5.41, 5.74) is 0.256. The topological polar surface area (TPSA) is 89.2 Å². The van der Waals surface area contributed by atoms with E-state index in [1.165, 1.54) is 16.7 Å². The maximum absolute atomic E-state index is 14.8. The first-order valence-electron chi connectivity index (χ1n) is 13.0. The van der Waals surface area contributed by atoms with Gasteiger partial charge in [0.25, 0.3) is 0 Å². The molecule has 39 heavy (non-hydrogen) atoms. The number of nitrogens with zero attached hydrogens (tertiary/aromatic N) is 7. The van der Waals surface area contributed by atoms with Crippen molar-refractivity contribution in [2.24, 2.45) is 0 Å². The van der Waals surface area contributed by atoms with Gasteiger partial charge in [-0.3, -0.25) is 4.79 Å². The van der Waals surface area contributed by atoms with Crippen molar-refractivity contribution >= 4 is 34.4 Å². The van der Waals surface area contributed by atoms with Crippen LogP contribution in [0, 0.1) is 5.82 Å². The van der Waals surface area contributed by atoms with Gasteiger partial charge >= 0.3 is 5.69 Å². The SMILES string of the molecule is C=CC(=O)N1CCN(c2nc(=O)n(-c3ccnn3C3CCC3)c3nc(-c4ccccc4F)c(Cl)cc23)[C@@H](C)C1. The highest BCUT2D eigenvalue weighted by atomic mass is 35.5. The van der Waals surface area contributed by atoms with Gasteiger partial charge in [-0.25, -0.2) is 23.4 Å². The summed E-state index contributed by atoms with van der Waals surface area (Å²) in [7, 11) is 0. The minimum absolute atomic E-state index is 0.140. The van der Waals surface area contributed by atoms with Crippen LogP contribution < -0.4 is 10.6 Å². The second kappa shape index (κ2) is 9.92. The van der Waals surface area contributed by atoms with Gasteiger partial charge in [-0.15, -0.1) is 0 Å². The number of amides is 1. The van der Waals surface area contributed by atoms with Crippen LogP contribution in [0.1, 0.15) is 32.2 Å². The molecule has 1 aliphatic heterocycles. The van der Waals surface area contributed by atoms with E-state index in [2.05, 4.69) is 16.7 Å². The molecule has 1 aliphatic carbocycles. The van der Waals surface area contributed by atoms with Gasteiger partial charge in [0.15, 0.2) is 5.65 Å². The van der Waals surface area contributed by atoms with Crippen LogP contribution in [0.4, 0.5) is 10.2 Å². The molecular formula is C28H27ClFN7O2. The Hall–Kier alpha value is -4.05. The standard InChI is InChI=1S/C28H27ClFN7O2/c1-3-24(38)34-13-14-35(17(2)16-34)26-20-15-21(29)25(19-9-4-5-10-22(19)30)32-27(20)36(28(39)33-26)23-11-12-31-37(23)18-7-6-8-18/h3-5,9-12,15,17-18H,1,6-8,13-14,16H2,2H3/t17-/m0/s1. The van der Waals surface area contributed by atoms with E-state index in [-0.39, 0.29) is 34.3 Å². The molecule has 0 N–H and O–H groups in total. The minimum Gasteiger partial charge on any atom is -0.350 e. The molecule has 1 aromatic carbocycles. The quantitative estimate of drug-likeness (QED) is 0.344. The molecule has 11 heteroatoms. The van der Waals surface area contributed by atoms with E-state index < -0.39 is 11.5 Å². The average molecular weight is 548 g/mol. The maximum atomic E-state index is 14.8. The van der Waals surface area contributed by atoms with Gasteiger partial charge in [0.1, 0.15) is 17.5 Å². The van der Waals surface area contributed by atoms with E-state index in [0.717, 1.165) is 19.3 Å². The average Bonchev–Trinajstić information content (AvgIpc) is 3.35. The first-order chi connectivity index (χ1) is 18.9. The fourth-order valence-corrected chi connectivity index (χ4v) is 5.62. The lowest BCUT2D eigenvalue weighted by molar-refractivity contribution is -0.126. The highest BCUT2D eigenvalue weighted by Crippen LogP contribution is 2.36. The van der Waals surface area contributed by atoms with Crippen LogP contribution in [-0.2, 0) is 4.79 Å². The number of piperazine rings is 1. The summed E-state index contributed by atoms with van der Waals surface area (Å²) in [6, 6.07) is 9.77. The summed E-state index contributed by atoms with van der Waals surface area (Å²) in [6.07, 6.45) is 6.00. The molecule has 2 aliphatic rings. The zero-order valence-electron chi connectivity index (χ0n) is 21.4. The number of halogens is 2. The number of carbonyl (C=O) groups excluding carboxylic acids is 1. The molecule has 2 fully saturated rings. The molecule has 4 aromatic rings. The summed E-state index contributed by atoms with van der Waals surface area (Å²) >= 11 is 6.73. The number of anilines is 1. The zero-order valence-corrected chi connectivity index (χ0v) is 22.2. The van der Waals surface area contributed by atoms with Crippen molar-refractivity contribution in [3.05, 3.63) is 76.6 Å².